The molecule has 2 amide bonds. The number of likely N-dealkylation sites (N-methyl/N-ethyl adjacent to an activating group) is 2. The lowest BCUT2D eigenvalue weighted by molar-refractivity contribution is -0.144. The Bertz CT molecular complexity index is 256. The van der Waals surface area contributed by atoms with Crippen molar-refractivity contribution < 1.29 is 14.3 Å². The highest BCUT2D eigenvalue weighted by Crippen LogP contribution is 2.06. The van der Waals surface area contributed by atoms with Crippen molar-refractivity contribution in [3.05, 3.63) is 0 Å². The van der Waals surface area contributed by atoms with Crippen molar-refractivity contribution in [2.24, 2.45) is 0 Å². The van der Waals surface area contributed by atoms with Crippen LogP contribution in [0.2, 0.25) is 0 Å². The van der Waals surface area contributed by atoms with Gasteiger partial charge in [-0.2, -0.15) is 0 Å². The number of hydrogen-bond acceptors (Lipinski definition) is 3. The monoisotopic (exact) mass is 230 g/mol. The van der Waals surface area contributed by atoms with E-state index in [0.29, 0.717) is 0 Å². The molecule has 94 valence electrons. The fraction of sp³-hybridized carbons (Fsp3) is 0.818. The van der Waals surface area contributed by atoms with Crippen LogP contribution in [0.25, 0.3) is 0 Å². The largest absolute Gasteiger partial charge is 0.366 e. The van der Waals surface area contributed by atoms with Gasteiger partial charge in [-0.05, 0) is 20.8 Å². The molecule has 0 atom stereocenters. The van der Waals surface area contributed by atoms with Crippen LogP contribution < -0.4 is 0 Å². The second kappa shape index (κ2) is 5.84. The van der Waals surface area contributed by atoms with Crippen LogP contribution in [0.15, 0.2) is 0 Å². The minimum absolute atomic E-state index is 0.000703. The number of nitrogens with zero attached hydrogens (tertiary/aromatic N) is 2. The number of rotatable bonds is 4. The lowest BCUT2D eigenvalue weighted by Gasteiger charge is -2.23. The molecular formula is C11H22N2O3. The molecule has 0 aromatic carbocycles. The second-order valence-electron chi connectivity index (χ2n) is 4.94. The van der Waals surface area contributed by atoms with Gasteiger partial charge in [0.05, 0.1) is 12.1 Å². The number of carbonyl (C=O) groups is 2. The molecule has 0 saturated heterocycles. The van der Waals surface area contributed by atoms with Crippen molar-refractivity contribution in [3.8, 4) is 0 Å². The van der Waals surface area contributed by atoms with E-state index in [2.05, 4.69) is 0 Å². The summed E-state index contributed by atoms with van der Waals surface area (Å²) in [5.41, 5.74) is -0.345. The molecule has 0 rings (SSSR count). The number of amides is 2. The predicted molar refractivity (Wildman–Crippen MR) is 62.0 cm³/mol. The van der Waals surface area contributed by atoms with Crippen LogP contribution >= 0.6 is 0 Å². The first-order valence-electron chi connectivity index (χ1n) is 5.21. The molecule has 0 spiro atoms. The maximum atomic E-state index is 11.6. The Morgan fingerprint density at radius 3 is 1.94 bits per heavy atom. The molecule has 0 radical (unpaired) electrons. The Kier molecular flexibility index (Phi) is 5.44. The first-order chi connectivity index (χ1) is 7.13. The van der Waals surface area contributed by atoms with Gasteiger partial charge in [-0.15, -0.1) is 0 Å². The molecule has 5 nitrogen and oxygen atoms in total. The summed E-state index contributed by atoms with van der Waals surface area (Å²) in [5, 5.41) is 0. The lowest BCUT2D eigenvalue weighted by atomic mass is 10.2. The predicted octanol–water partition coefficient (Wildman–Crippen LogP) is 0.348. The molecule has 5 heteroatoms. The average Bonchev–Trinajstić information content (AvgIpc) is 2.12. The van der Waals surface area contributed by atoms with Crippen LogP contribution in [-0.2, 0) is 14.3 Å². The van der Waals surface area contributed by atoms with Gasteiger partial charge < -0.3 is 14.5 Å². The zero-order valence-electron chi connectivity index (χ0n) is 11.0. The summed E-state index contributed by atoms with van der Waals surface area (Å²) in [5.74, 6) is -0.295. The first-order valence-corrected chi connectivity index (χ1v) is 5.21. The molecule has 0 heterocycles. The normalized spacial score (nSPS) is 11.1. The van der Waals surface area contributed by atoms with E-state index in [1.165, 1.54) is 9.80 Å². The van der Waals surface area contributed by atoms with E-state index in [9.17, 15) is 9.59 Å². The SMILES string of the molecule is CN(C)C(=O)CN(C)C(=O)COC(C)(C)C. The Morgan fingerprint density at radius 2 is 1.56 bits per heavy atom. The Hall–Kier alpha value is -1.10. The fourth-order valence-electron chi connectivity index (χ4n) is 0.821. The Morgan fingerprint density at radius 1 is 1.06 bits per heavy atom. The van der Waals surface area contributed by atoms with E-state index in [1.807, 2.05) is 20.8 Å². The van der Waals surface area contributed by atoms with Crippen molar-refractivity contribution in [1.29, 1.82) is 0 Å². The minimum Gasteiger partial charge on any atom is -0.366 e. The van der Waals surface area contributed by atoms with Gasteiger partial charge >= 0.3 is 0 Å². The second-order valence-corrected chi connectivity index (χ2v) is 4.94. The molecule has 0 aliphatic carbocycles. The van der Waals surface area contributed by atoms with Gasteiger partial charge in [0.15, 0.2) is 0 Å². The summed E-state index contributed by atoms with van der Waals surface area (Å²) in [6.07, 6.45) is 0. The van der Waals surface area contributed by atoms with Crippen molar-refractivity contribution >= 4 is 11.8 Å². The minimum atomic E-state index is -0.345. The summed E-state index contributed by atoms with van der Waals surface area (Å²) in [6, 6.07) is 0. The Labute approximate surface area is 97.3 Å². The molecule has 0 unspecified atom stereocenters. The third-order valence-electron chi connectivity index (χ3n) is 1.93. The highest BCUT2D eigenvalue weighted by atomic mass is 16.5. The summed E-state index contributed by atoms with van der Waals surface area (Å²) < 4.78 is 5.34. The molecule has 0 fully saturated rings. The lowest BCUT2D eigenvalue weighted by Crippen LogP contribution is -2.40. The summed E-state index contributed by atoms with van der Waals surface area (Å²) >= 11 is 0. The van der Waals surface area contributed by atoms with Gasteiger partial charge in [0, 0.05) is 21.1 Å². The zero-order valence-corrected chi connectivity index (χ0v) is 11.0. The van der Waals surface area contributed by atoms with Gasteiger partial charge in [0.2, 0.25) is 11.8 Å². The molecule has 0 bridgehead atoms. The molecule has 0 N–H and O–H groups in total. The number of ether oxygens (including phenoxy) is 1. The molecule has 0 aromatic heterocycles. The maximum Gasteiger partial charge on any atom is 0.248 e. The van der Waals surface area contributed by atoms with E-state index < -0.39 is 0 Å². The van der Waals surface area contributed by atoms with Gasteiger partial charge in [-0.25, -0.2) is 0 Å². The Balaban J connectivity index is 4.05. The van der Waals surface area contributed by atoms with E-state index >= 15 is 0 Å². The molecule has 0 saturated carbocycles. The highest BCUT2D eigenvalue weighted by molar-refractivity contribution is 5.84. The van der Waals surface area contributed by atoms with Crippen molar-refractivity contribution in [1.82, 2.24) is 9.80 Å². The first kappa shape index (κ1) is 14.9. The number of hydrogen-bond donors (Lipinski definition) is 0. The van der Waals surface area contributed by atoms with E-state index in [-0.39, 0.29) is 30.6 Å². The van der Waals surface area contributed by atoms with Crippen molar-refractivity contribution in [2.45, 2.75) is 26.4 Å². The summed E-state index contributed by atoms with van der Waals surface area (Å²) in [6.45, 7) is 5.72. The van der Waals surface area contributed by atoms with Crippen LogP contribution in [0.5, 0.6) is 0 Å². The molecular weight excluding hydrogens is 208 g/mol. The third-order valence-corrected chi connectivity index (χ3v) is 1.93. The molecule has 16 heavy (non-hydrogen) atoms. The van der Waals surface area contributed by atoms with Crippen LogP contribution in [0, 0.1) is 0 Å². The van der Waals surface area contributed by atoms with Gasteiger partial charge in [-0.3, -0.25) is 9.59 Å². The quantitative estimate of drug-likeness (QED) is 0.700. The third kappa shape index (κ3) is 6.40. The van der Waals surface area contributed by atoms with Crippen molar-refractivity contribution in [2.75, 3.05) is 34.3 Å². The van der Waals surface area contributed by atoms with Crippen LogP contribution in [0.1, 0.15) is 20.8 Å². The van der Waals surface area contributed by atoms with Gasteiger partial charge in [0.1, 0.15) is 6.61 Å². The molecule has 0 aliphatic heterocycles. The smallest absolute Gasteiger partial charge is 0.248 e. The maximum absolute atomic E-state index is 11.6. The van der Waals surface area contributed by atoms with Crippen LogP contribution in [-0.4, -0.2) is 61.5 Å². The standard InChI is InChI=1S/C11H22N2O3/c1-11(2,3)16-8-10(15)13(6)7-9(14)12(4)5/h7-8H2,1-6H3. The van der Waals surface area contributed by atoms with E-state index in [4.69, 9.17) is 4.74 Å². The number of carbonyl (C=O) groups excluding carboxylic acids is 2. The average molecular weight is 230 g/mol. The van der Waals surface area contributed by atoms with Gasteiger partial charge in [-0.1, -0.05) is 0 Å². The zero-order chi connectivity index (χ0) is 12.9. The summed E-state index contributed by atoms with van der Waals surface area (Å²) in [7, 11) is 4.91. The van der Waals surface area contributed by atoms with E-state index in [0.717, 1.165) is 0 Å². The topological polar surface area (TPSA) is 49.9 Å². The summed E-state index contributed by atoms with van der Waals surface area (Å²) in [4.78, 5) is 25.7. The van der Waals surface area contributed by atoms with Crippen LogP contribution in [0.3, 0.4) is 0 Å². The van der Waals surface area contributed by atoms with Crippen LogP contribution in [0.4, 0.5) is 0 Å². The van der Waals surface area contributed by atoms with E-state index in [1.54, 1.807) is 21.1 Å². The molecule has 0 aliphatic rings. The van der Waals surface area contributed by atoms with Crippen molar-refractivity contribution in [3.63, 3.8) is 0 Å². The molecule has 0 aromatic rings. The highest BCUT2D eigenvalue weighted by Gasteiger charge is 2.17. The fourth-order valence-corrected chi connectivity index (χ4v) is 0.821. The van der Waals surface area contributed by atoms with Gasteiger partial charge in [0.25, 0.3) is 0 Å².